The van der Waals surface area contributed by atoms with E-state index >= 15 is 0 Å². The number of rotatable bonds is 3. The lowest BCUT2D eigenvalue weighted by Gasteiger charge is -2.43. The number of nitrogens with zero attached hydrogens (tertiary/aromatic N) is 1. The van der Waals surface area contributed by atoms with Crippen LogP contribution in [0.25, 0.3) is 0 Å². The summed E-state index contributed by atoms with van der Waals surface area (Å²) in [7, 11) is 0. The molecule has 1 atom stereocenters. The zero-order chi connectivity index (χ0) is 14.1. The van der Waals surface area contributed by atoms with Crippen LogP contribution in [0.1, 0.15) is 30.9 Å². The first-order chi connectivity index (χ1) is 9.68. The van der Waals surface area contributed by atoms with Crippen molar-refractivity contribution in [2.75, 3.05) is 26.2 Å². The maximum Gasteiger partial charge on any atom is 0.165 e. The molecule has 0 spiro atoms. The van der Waals surface area contributed by atoms with Crippen LogP contribution in [-0.2, 0) is 0 Å². The van der Waals surface area contributed by atoms with Gasteiger partial charge in [-0.15, -0.1) is 0 Å². The smallest absolute Gasteiger partial charge is 0.165 e. The van der Waals surface area contributed by atoms with Crippen LogP contribution in [0, 0.1) is 11.7 Å². The predicted molar refractivity (Wildman–Crippen MR) is 77.6 cm³/mol. The fourth-order valence-corrected chi connectivity index (χ4v) is 3.53. The maximum absolute atomic E-state index is 13.7. The van der Waals surface area contributed by atoms with Gasteiger partial charge in [0.1, 0.15) is 0 Å². The second kappa shape index (κ2) is 5.88. The normalized spacial score (nSPS) is 22.5. The number of phenolic OH excluding ortho intramolecular Hbond substituents is 1. The van der Waals surface area contributed by atoms with Gasteiger partial charge in [-0.05, 0) is 30.9 Å². The van der Waals surface area contributed by atoms with Gasteiger partial charge in [-0.2, -0.15) is 0 Å². The minimum atomic E-state index is -0.580. The Kier molecular flexibility index (Phi) is 4.15. The van der Waals surface area contributed by atoms with E-state index in [1.54, 1.807) is 6.07 Å². The van der Waals surface area contributed by atoms with Crippen LogP contribution in [0.15, 0.2) is 12.1 Å². The van der Waals surface area contributed by atoms with Crippen LogP contribution in [-0.4, -0.2) is 36.2 Å². The number of halogens is 2. The predicted octanol–water partition coefficient (Wildman–Crippen LogP) is 2.93. The average Bonchev–Trinajstić information content (AvgIpc) is 2.41. The molecule has 1 aliphatic carbocycles. The molecule has 0 amide bonds. The molecule has 3 nitrogen and oxygen atoms in total. The minimum Gasteiger partial charge on any atom is -0.505 e. The molecule has 2 aliphatic rings. The van der Waals surface area contributed by atoms with Gasteiger partial charge in [-0.3, -0.25) is 4.90 Å². The molecule has 0 radical (unpaired) electrons. The van der Waals surface area contributed by atoms with Gasteiger partial charge in [0, 0.05) is 42.8 Å². The largest absolute Gasteiger partial charge is 0.505 e. The topological polar surface area (TPSA) is 35.5 Å². The van der Waals surface area contributed by atoms with Crippen molar-refractivity contribution in [3.8, 4) is 5.75 Å². The third-order valence-electron chi connectivity index (χ3n) is 4.55. The van der Waals surface area contributed by atoms with Crippen molar-refractivity contribution in [3.63, 3.8) is 0 Å². The number of aromatic hydroxyl groups is 1. The third-order valence-corrected chi connectivity index (χ3v) is 4.88. The second-order valence-corrected chi connectivity index (χ2v) is 6.12. The van der Waals surface area contributed by atoms with Crippen LogP contribution in [0.2, 0.25) is 5.02 Å². The summed E-state index contributed by atoms with van der Waals surface area (Å²) in [6.07, 6.45) is 3.46. The zero-order valence-corrected chi connectivity index (χ0v) is 12.2. The van der Waals surface area contributed by atoms with Crippen LogP contribution >= 0.6 is 11.6 Å². The Balaban J connectivity index is 1.98. The summed E-state index contributed by atoms with van der Waals surface area (Å²) in [5, 5.41) is 13.9. The highest BCUT2D eigenvalue weighted by atomic mass is 35.5. The van der Waals surface area contributed by atoms with E-state index in [2.05, 4.69) is 10.2 Å². The van der Waals surface area contributed by atoms with E-state index < -0.39 is 5.82 Å². The molecule has 1 aliphatic heterocycles. The van der Waals surface area contributed by atoms with Gasteiger partial charge < -0.3 is 10.4 Å². The fraction of sp³-hybridized carbons (Fsp3) is 0.600. The molecule has 2 fully saturated rings. The molecule has 0 aromatic heterocycles. The quantitative estimate of drug-likeness (QED) is 0.900. The van der Waals surface area contributed by atoms with Crippen molar-refractivity contribution in [2.24, 2.45) is 5.92 Å². The van der Waals surface area contributed by atoms with Gasteiger partial charge in [0.25, 0.3) is 0 Å². The lowest BCUT2D eigenvalue weighted by molar-refractivity contribution is 0.0816. The van der Waals surface area contributed by atoms with Crippen LogP contribution in [0.3, 0.4) is 0 Å². The van der Waals surface area contributed by atoms with Crippen molar-refractivity contribution in [3.05, 3.63) is 28.5 Å². The summed E-state index contributed by atoms with van der Waals surface area (Å²) in [6, 6.07) is 2.82. The highest BCUT2D eigenvalue weighted by Gasteiger charge is 2.36. The van der Waals surface area contributed by atoms with Gasteiger partial charge in [0.2, 0.25) is 0 Å². The lowest BCUT2D eigenvalue weighted by Crippen LogP contribution is -2.48. The van der Waals surface area contributed by atoms with E-state index in [1.165, 1.54) is 12.5 Å². The summed E-state index contributed by atoms with van der Waals surface area (Å²) in [6.45, 7) is 3.68. The molecule has 1 saturated carbocycles. The second-order valence-electron chi connectivity index (χ2n) is 5.71. The Labute approximate surface area is 123 Å². The van der Waals surface area contributed by atoms with Gasteiger partial charge in [-0.25, -0.2) is 4.39 Å². The van der Waals surface area contributed by atoms with Crippen LogP contribution in [0.4, 0.5) is 4.39 Å². The Morgan fingerprint density at radius 2 is 2.00 bits per heavy atom. The summed E-state index contributed by atoms with van der Waals surface area (Å²) in [5.74, 6) is -0.380. The summed E-state index contributed by atoms with van der Waals surface area (Å²) in [5.41, 5.74) is 0.582. The lowest BCUT2D eigenvalue weighted by atomic mass is 9.76. The highest BCUT2D eigenvalue weighted by molar-refractivity contribution is 6.31. The minimum absolute atomic E-state index is 0.0362. The molecule has 5 heteroatoms. The number of hydrogen-bond donors (Lipinski definition) is 2. The summed E-state index contributed by atoms with van der Waals surface area (Å²) in [4.78, 5) is 2.33. The molecule has 1 saturated heterocycles. The summed E-state index contributed by atoms with van der Waals surface area (Å²) >= 11 is 6.27. The molecule has 110 valence electrons. The Bertz CT molecular complexity index is 487. The number of phenols is 1. The Hall–Kier alpha value is -0.840. The molecule has 0 unspecified atom stereocenters. The van der Waals surface area contributed by atoms with Crippen molar-refractivity contribution in [1.29, 1.82) is 0 Å². The average molecular weight is 299 g/mol. The number of nitrogens with one attached hydrogen (secondary N) is 1. The van der Waals surface area contributed by atoms with E-state index in [1.807, 2.05) is 0 Å². The SMILES string of the molecule is Oc1c(F)ccc(Cl)c1[C@@H](C1CCC1)N1CCNCC1. The maximum atomic E-state index is 13.7. The van der Waals surface area contributed by atoms with Gasteiger partial charge in [0.15, 0.2) is 11.6 Å². The molecular formula is C15H20ClFN2O. The van der Waals surface area contributed by atoms with Crippen molar-refractivity contribution in [2.45, 2.75) is 25.3 Å². The number of piperazine rings is 1. The van der Waals surface area contributed by atoms with Crippen molar-refractivity contribution in [1.82, 2.24) is 10.2 Å². The van der Waals surface area contributed by atoms with E-state index in [9.17, 15) is 9.50 Å². The molecule has 2 N–H and O–H groups in total. The van der Waals surface area contributed by atoms with Gasteiger partial charge in [0.05, 0.1) is 0 Å². The fourth-order valence-electron chi connectivity index (χ4n) is 3.27. The zero-order valence-electron chi connectivity index (χ0n) is 11.4. The highest BCUT2D eigenvalue weighted by Crippen LogP contribution is 2.47. The molecule has 0 bridgehead atoms. The number of benzene rings is 1. The van der Waals surface area contributed by atoms with Crippen molar-refractivity contribution < 1.29 is 9.50 Å². The van der Waals surface area contributed by atoms with Crippen molar-refractivity contribution >= 4 is 11.6 Å². The molecule has 1 aromatic carbocycles. The Morgan fingerprint density at radius 3 is 2.60 bits per heavy atom. The van der Waals surface area contributed by atoms with E-state index in [0.717, 1.165) is 39.0 Å². The molecule has 1 heterocycles. The summed E-state index contributed by atoms with van der Waals surface area (Å²) < 4.78 is 13.7. The monoisotopic (exact) mass is 298 g/mol. The van der Waals surface area contributed by atoms with E-state index in [-0.39, 0.29) is 11.8 Å². The number of hydrogen-bond acceptors (Lipinski definition) is 3. The van der Waals surface area contributed by atoms with Gasteiger partial charge in [-0.1, -0.05) is 18.0 Å². The molecule has 20 heavy (non-hydrogen) atoms. The molecular weight excluding hydrogens is 279 g/mol. The first-order valence-electron chi connectivity index (χ1n) is 7.30. The standard InChI is InChI=1S/C15H20ClFN2O/c16-11-4-5-12(17)15(20)13(11)14(10-2-1-3-10)19-8-6-18-7-9-19/h4-5,10,14,18,20H,1-3,6-9H2/t14-/m1/s1. The van der Waals surface area contributed by atoms with Crippen LogP contribution in [0.5, 0.6) is 5.75 Å². The molecule has 1 aromatic rings. The Morgan fingerprint density at radius 1 is 1.30 bits per heavy atom. The van der Waals surface area contributed by atoms with E-state index in [4.69, 9.17) is 11.6 Å². The van der Waals surface area contributed by atoms with Gasteiger partial charge >= 0.3 is 0 Å². The first kappa shape index (κ1) is 14.1. The molecule has 3 rings (SSSR count). The van der Waals surface area contributed by atoms with E-state index in [0.29, 0.717) is 16.5 Å². The van der Waals surface area contributed by atoms with Crippen LogP contribution < -0.4 is 5.32 Å². The third kappa shape index (κ3) is 2.52. The first-order valence-corrected chi connectivity index (χ1v) is 7.68.